The number of esters is 2. The van der Waals surface area contributed by atoms with Crippen molar-refractivity contribution in [2.45, 2.75) is 315 Å². The molecule has 0 heterocycles. The number of nitrogens with zero attached hydrogens (tertiary/aromatic N) is 1. The molecule has 0 spiro atoms. The van der Waals surface area contributed by atoms with Gasteiger partial charge in [-0.05, 0) is 51.4 Å². The molecule has 0 aromatic heterocycles. The molecule has 2 atom stereocenters. The smallest absolute Gasteiger partial charge is 0.306 e. The van der Waals surface area contributed by atoms with Crippen molar-refractivity contribution in [1.82, 2.24) is 0 Å². The second kappa shape index (κ2) is 57.6. The number of carbonyl (C=O) groups excluding carboxylic acids is 2. The van der Waals surface area contributed by atoms with Crippen molar-refractivity contribution in [1.29, 1.82) is 0 Å². The van der Waals surface area contributed by atoms with Gasteiger partial charge in [0.15, 0.2) is 6.10 Å². The Bertz CT molecular complexity index is 1420. The van der Waals surface area contributed by atoms with Crippen molar-refractivity contribution in [3.63, 3.8) is 0 Å². The van der Waals surface area contributed by atoms with Gasteiger partial charge < -0.3 is 27.9 Å². The lowest BCUT2D eigenvalue weighted by atomic mass is 10.0. The fraction of sp³-hybridized carbons (Fsp3) is 0.848. The number of hydrogen-bond acceptors (Lipinski definition) is 8. The molecule has 0 N–H and O–H groups in total. The maximum atomic E-state index is 12.8. The fourth-order valence-electron chi connectivity index (χ4n) is 9.42. The first kappa shape index (κ1) is 74.0. The van der Waals surface area contributed by atoms with Gasteiger partial charge in [0.25, 0.3) is 7.82 Å². The number of unbranched alkanes of at least 4 members (excludes halogenated alkanes) is 38. The van der Waals surface area contributed by atoms with Crippen LogP contribution in [0.4, 0.5) is 0 Å². The Morgan fingerprint density at radius 2 is 0.750 bits per heavy atom. The first-order chi connectivity index (χ1) is 37.0. The van der Waals surface area contributed by atoms with Crippen molar-refractivity contribution in [3.05, 3.63) is 48.6 Å². The average molecular weight is 1090 g/mol. The molecular formula is C66H124NO8P. The van der Waals surface area contributed by atoms with E-state index in [1.807, 2.05) is 21.1 Å². The highest BCUT2D eigenvalue weighted by atomic mass is 31.2. The van der Waals surface area contributed by atoms with Crippen molar-refractivity contribution >= 4 is 19.8 Å². The quantitative estimate of drug-likeness (QED) is 0.0195. The minimum Gasteiger partial charge on any atom is -0.756 e. The molecule has 2 unspecified atom stereocenters. The molecule has 0 aliphatic rings. The molecule has 446 valence electrons. The molecule has 0 radical (unpaired) electrons. The van der Waals surface area contributed by atoms with Gasteiger partial charge in [0.2, 0.25) is 0 Å². The molecule has 0 aliphatic carbocycles. The van der Waals surface area contributed by atoms with Crippen molar-refractivity contribution in [2.24, 2.45) is 0 Å². The first-order valence-corrected chi connectivity index (χ1v) is 33.8. The number of quaternary nitrogens is 1. The summed E-state index contributed by atoms with van der Waals surface area (Å²) in [6.45, 7) is 4.18. The molecule has 0 aromatic rings. The molecule has 9 nitrogen and oxygen atoms in total. The van der Waals surface area contributed by atoms with Crippen LogP contribution in [0.15, 0.2) is 48.6 Å². The zero-order valence-electron chi connectivity index (χ0n) is 50.7. The van der Waals surface area contributed by atoms with E-state index in [-0.39, 0.29) is 32.0 Å². The number of ether oxygens (including phenoxy) is 2. The van der Waals surface area contributed by atoms with E-state index in [2.05, 4.69) is 62.5 Å². The number of phosphoric ester groups is 1. The van der Waals surface area contributed by atoms with E-state index in [9.17, 15) is 19.0 Å². The van der Waals surface area contributed by atoms with E-state index >= 15 is 0 Å². The van der Waals surface area contributed by atoms with E-state index in [1.54, 1.807) is 0 Å². The fourth-order valence-corrected chi connectivity index (χ4v) is 10.1. The molecule has 0 aromatic carbocycles. The van der Waals surface area contributed by atoms with E-state index in [1.165, 1.54) is 218 Å². The molecule has 10 heteroatoms. The third kappa shape index (κ3) is 61.2. The number of carbonyl (C=O) groups is 2. The van der Waals surface area contributed by atoms with Gasteiger partial charge in [-0.3, -0.25) is 14.2 Å². The summed E-state index contributed by atoms with van der Waals surface area (Å²) in [7, 11) is 1.18. The summed E-state index contributed by atoms with van der Waals surface area (Å²) in [5.74, 6) is -0.814. The van der Waals surface area contributed by atoms with Crippen LogP contribution in [0.5, 0.6) is 0 Å². The molecule has 0 rings (SSSR count). The van der Waals surface area contributed by atoms with Gasteiger partial charge in [0.1, 0.15) is 19.8 Å². The van der Waals surface area contributed by atoms with Crippen LogP contribution in [0.1, 0.15) is 309 Å². The summed E-state index contributed by atoms with van der Waals surface area (Å²) < 4.78 is 34.2. The van der Waals surface area contributed by atoms with Crippen molar-refractivity contribution in [2.75, 3.05) is 47.5 Å². The molecule has 76 heavy (non-hydrogen) atoms. The van der Waals surface area contributed by atoms with Crippen LogP contribution in [-0.4, -0.2) is 70.0 Å². The van der Waals surface area contributed by atoms with E-state index in [0.29, 0.717) is 17.4 Å². The van der Waals surface area contributed by atoms with E-state index < -0.39 is 26.5 Å². The lowest BCUT2D eigenvalue weighted by Crippen LogP contribution is -2.37. The van der Waals surface area contributed by atoms with Gasteiger partial charge in [-0.1, -0.05) is 294 Å². The Balaban J connectivity index is 3.96. The van der Waals surface area contributed by atoms with E-state index in [0.717, 1.165) is 57.8 Å². The standard InChI is InChI=1S/C66H124NO8P/c1-6-8-10-12-14-16-18-20-22-24-25-26-27-28-29-30-31-32-33-34-35-36-37-38-39-40-41-43-45-47-49-51-53-55-57-59-66(69)75-64(63-74-76(70,71)73-61-60-67(3,4)5)62-72-65(68)58-56-54-52-50-48-46-44-42-23-21-19-17-15-13-11-9-7-2/h8,10,14,16,20,22,25-26,64H,6-7,9,11-13,15,17-19,21,23-24,27-63H2,1-5H3/b10-8-,16-14-,22-20-,26-25-. The molecule has 0 bridgehead atoms. The topological polar surface area (TPSA) is 111 Å². The highest BCUT2D eigenvalue weighted by Gasteiger charge is 2.22. The summed E-state index contributed by atoms with van der Waals surface area (Å²) in [5, 5.41) is 0. The van der Waals surface area contributed by atoms with Crippen LogP contribution in [0, 0.1) is 0 Å². The summed E-state index contributed by atoms with van der Waals surface area (Å²) in [6.07, 6.45) is 73.3. The van der Waals surface area contributed by atoms with Gasteiger partial charge in [-0.25, -0.2) is 0 Å². The summed E-state index contributed by atoms with van der Waals surface area (Å²) in [5.41, 5.74) is 0. The third-order valence-electron chi connectivity index (χ3n) is 14.4. The Kier molecular flexibility index (Phi) is 56.1. The minimum absolute atomic E-state index is 0.0278. The van der Waals surface area contributed by atoms with Crippen molar-refractivity contribution in [3.8, 4) is 0 Å². The SMILES string of the molecule is CC/C=C\C/C=C\C/C=C\C/C=C\CCCCCCCCCCCCCCCCCCCCCCCCC(=O)OC(COC(=O)CCCCCCCCCCCCCCCCCCC)COP(=O)([O-])OCC[N+](C)(C)C. The maximum Gasteiger partial charge on any atom is 0.306 e. The van der Waals surface area contributed by atoms with Crippen LogP contribution < -0.4 is 4.89 Å². The normalized spacial score (nSPS) is 13.5. The van der Waals surface area contributed by atoms with E-state index in [4.69, 9.17) is 18.5 Å². The molecule has 0 aliphatic heterocycles. The molecule has 0 saturated heterocycles. The number of allylic oxidation sites excluding steroid dienone is 8. The highest BCUT2D eigenvalue weighted by molar-refractivity contribution is 7.45. The minimum atomic E-state index is -4.63. The zero-order valence-corrected chi connectivity index (χ0v) is 51.6. The van der Waals surface area contributed by atoms with Gasteiger partial charge in [0.05, 0.1) is 27.7 Å². The predicted octanol–water partition coefficient (Wildman–Crippen LogP) is 19.9. The van der Waals surface area contributed by atoms with Crippen LogP contribution in [0.2, 0.25) is 0 Å². The average Bonchev–Trinajstić information content (AvgIpc) is 3.38. The summed E-state index contributed by atoms with van der Waals surface area (Å²) in [6, 6.07) is 0. The third-order valence-corrected chi connectivity index (χ3v) is 15.3. The number of likely N-dealkylation sites (N-methyl/N-ethyl adjacent to an activating group) is 1. The van der Waals surface area contributed by atoms with Gasteiger partial charge >= 0.3 is 11.9 Å². The lowest BCUT2D eigenvalue weighted by molar-refractivity contribution is -0.870. The molecule has 0 fully saturated rings. The Morgan fingerprint density at radius 3 is 1.12 bits per heavy atom. The largest absolute Gasteiger partial charge is 0.756 e. The zero-order chi connectivity index (χ0) is 55.6. The summed E-state index contributed by atoms with van der Waals surface area (Å²) in [4.78, 5) is 37.9. The molecule has 0 saturated carbocycles. The first-order valence-electron chi connectivity index (χ1n) is 32.3. The second-order valence-corrected chi connectivity index (χ2v) is 24.5. The monoisotopic (exact) mass is 1090 g/mol. The van der Waals surface area contributed by atoms with Gasteiger partial charge in [0, 0.05) is 12.8 Å². The highest BCUT2D eigenvalue weighted by Crippen LogP contribution is 2.38. The number of rotatable bonds is 60. The molecular weight excluding hydrogens is 966 g/mol. The maximum absolute atomic E-state index is 12.8. The van der Waals surface area contributed by atoms with Crippen LogP contribution in [-0.2, 0) is 32.7 Å². The number of hydrogen-bond donors (Lipinski definition) is 0. The van der Waals surface area contributed by atoms with Gasteiger partial charge in [-0.2, -0.15) is 0 Å². The Morgan fingerprint density at radius 1 is 0.421 bits per heavy atom. The van der Waals surface area contributed by atoms with Gasteiger partial charge in [-0.15, -0.1) is 0 Å². The number of phosphoric acid groups is 1. The summed E-state index contributed by atoms with van der Waals surface area (Å²) >= 11 is 0. The Hall–Kier alpha value is -2.03. The van der Waals surface area contributed by atoms with Crippen LogP contribution >= 0.6 is 7.82 Å². The second-order valence-electron chi connectivity index (χ2n) is 23.1. The van der Waals surface area contributed by atoms with Crippen LogP contribution in [0.25, 0.3) is 0 Å². The Labute approximate surface area is 471 Å². The molecule has 0 amide bonds. The van der Waals surface area contributed by atoms with Crippen molar-refractivity contribution < 1.29 is 42.1 Å². The lowest BCUT2D eigenvalue weighted by Gasteiger charge is -2.28. The predicted molar refractivity (Wildman–Crippen MR) is 324 cm³/mol. The van der Waals surface area contributed by atoms with Crippen LogP contribution in [0.3, 0.4) is 0 Å².